The molecule has 4 saturated carbocycles. The highest BCUT2D eigenvalue weighted by Gasteiger charge is 2.53. The summed E-state index contributed by atoms with van der Waals surface area (Å²) in [5, 5.41) is 18.5. The molecular weight excluding hydrogens is 1140 g/mol. The molecule has 21 nitrogen and oxygen atoms in total. The average molecular weight is 1240 g/mol. The minimum Gasteiger partial charge on any atom is -0.453 e. The number of methoxy groups -OCH3 is 3. The van der Waals surface area contributed by atoms with Crippen molar-refractivity contribution in [3.8, 4) is 0 Å². The standard InChI is InChI=1S/C66H91ClN10O11/c1-9-68-58(78)51(40-21-16-22-40)74-60(80)65(4,37-84-6)42-27-29-46-48(35-42)72-56(70-46)53(50(64(3)31-32-64)39-19-12-11-13-20-39)76-63(83)88-34-18-33-87-55(44-25-14-15-26-45(44)67)54(77-62(82)86-8)57-71-47-30-28-43(36-49(47)73-57)66(5,38-85-7)61(81)75-52(41-23-17-24-41)59(79)69-10-2/h14-15,25-30,35-36,39-41,50-55H,9-13,16-24,31-34,37-38H2,1-8H3,(H,68,78)(H,69,79)(H,70,72)(H,71,73)(H,74,80)(H,75,81)(H,76,83)(H,77,82)/t50?,51-,52-,53+,54?,55?,65?,66?/m1/s1. The van der Waals surface area contributed by atoms with Gasteiger partial charge >= 0.3 is 12.2 Å². The molecule has 3 aromatic carbocycles. The fourth-order valence-corrected chi connectivity index (χ4v) is 13.7. The number of aromatic amines is 2. The first-order chi connectivity index (χ1) is 42.4. The molecule has 478 valence electrons. The Morgan fingerprint density at radius 1 is 0.636 bits per heavy atom. The second-order valence-electron chi connectivity index (χ2n) is 25.4. The van der Waals surface area contributed by atoms with E-state index in [1.807, 2.05) is 51.1 Å². The molecule has 8 N–H and O–H groups in total. The molecule has 0 aliphatic heterocycles. The van der Waals surface area contributed by atoms with E-state index in [0.29, 0.717) is 68.9 Å². The summed E-state index contributed by atoms with van der Waals surface area (Å²) in [7, 11) is 4.34. The van der Waals surface area contributed by atoms with Crippen LogP contribution in [0.15, 0.2) is 60.7 Å². The predicted molar refractivity (Wildman–Crippen MR) is 334 cm³/mol. The molecule has 0 spiro atoms. The summed E-state index contributed by atoms with van der Waals surface area (Å²) in [6, 6.07) is 15.4. The Balaban J connectivity index is 0.931. The molecule has 8 atom stereocenters. The lowest BCUT2D eigenvalue weighted by Crippen LogP contribution is -2.57. The molecule has 88 heavy (non-hydrogen) atoms. The molecule has 4 fully saturated rings. The van der Waals surface area contributed by atoms with Gasteiger partial charge in [-0.15, -0.1) is 0 Å². The van der Waals surface area contributed by atoms with Crippen LogP contribution in [-0.4, -0.2) is 129 Å². The number of H-pyrrole nitrogens is 2. The third-order valence-electron chi connectivity index (χ3n) is 19.2. The van der Waals surface area contributed by atoms with Crippen LogP contribution in [0.2, 0.25) is 5.02 Å². The summed E-state index contributed by atoms with van der Waals surface area (Å²) in [5.74, 6) is 0.336. The van der Waals surface area contributed by atoms with Crippen LogP contribution in [0.1, 0.15) is 171 Å². The largest absolute Gasteiger partial charge is 0.453 e. The first-order valence-electron chi connectivity index (χ1n) is 31.7. The maximum absolute atomic E-state index is 14.4. The molecule has 0 radical (unpaired) electrons. The predicted octanol–water partition coefficient (Wildman–Crippen LogP) is 9.75. The monoisotopic (exact) mass is 1230 g/mol. The van der Waals surface area contributed by atoms with E-state index in [4.69, 9.17) is 45.3 Å². The van der Waals surface area contributed by atoms with Crippen LogP contribution < -0.4 is 31.9 Å². The topological polar surface area (TPSA) is 278 Å². The average Bonchev–Trinajstić information content (AvgIpc) is 1.68. The Labute approximate surface area is 521 Å². The minimum absolute atomic E-state index is 0.0158. The highest BCUT2D eigenvalue weighted by Crippen LogP contribution is 2.60. The zero-order valence-electron chi connectivity index (χ0n) is 52.4. The normalized spacial score (nSPS) is 19.4. The van der Waals surface area contributed by atoms with Gasteiger partial charge in [-0.05, 0) is 137 Å². The lowest BCUT2D eigenvalue weighted by atomic mass is 9.69. The second kappa shape index (κ2) is 29.2. The third kappa shape index (κ3) is 14.7. The van der Waals surface area contributed by atoms with Gasteiger partial charge in [-0.3, -0.25) is 19.2 Å². The van der Waals surface area contributed by atoms with Gasteiger partial charge in [-0.2, -0.15) is 0 Å². The van der Waals surface area contributed by atoms with Gasteiger partial charge in [0.1, 0.15) is 35.9 Å². The summed E-state index contributed by atoms with van der Waals surface area (Å²) in [5.41, 5.74) is 1.86. The number of halogens is 1. The number of ether oxygens (including phenoxy) is 5. The van der Waals surface area contributed by atoms with Gasteiger partial charge in [0.05, 0.1) is 72.5 Å². The Morgan fingerprint density at radius 2 is 1.14 bits per heavy atom. The molecule has 2 aromatic heterocycles. The number of carbonyl (C=O) groups excluding carboxylic acids is 6. The van der Waals surface area contributed by atoms with Gasteiger partial charge in [-0.1, -0.05) is 93.8 Å². The number of hydrogen-bond acceptors (Lipinski definition) is 13. The van der Waals surface area contributed by atoms with E-state index in [2.05, 4.69) is 48.8 Å². The van der Waals surface area contributed by atoms with E-state index >= 15 is 0 Å². The van der Waals surface area contributed by atoms with Crippen LogP contribution in [0, 0.1) is 29.1 Å². The van der Waals surface area contributed by atoms with Crippen molar-refractivity contribution in [3.05, 3.63) is 94.0 Å². The second-order valence-corrected chi connectivity index (χ2v) is 25.8. The fraction of sp³-hybridized carbons (Fsp3) is 0.606. The highest BCUT2D eigenvalue weighted by atomic mass is 35.5. The summed E-state index contributed by atoms with van der Waals surface area (Å²) in [6.45, 7) is 10.6. The van der Waals surface area contributed by atoms with Crippen LogP contribution in [0.25, 0.3) is 22.1 Å². The van der Waals surface area contributed by atoms with E-state index in [9.17, 15) is 28.8 Å². The van der Waals surface area contributed by atoms with E-state index in [-0.39, 0.29) is 79.6 Å². The van der Waals surface area contributed by atoms with Gasteiger partial charge in [0.2, 0.25) is 23.6 Å². The fourth-order valence-electron chi connectivity index (χ4n) is 13.4. The van der Waals surface area contributed by atoms with E-state index in [1.54, 1.807) is 44.4 Å². The SMILES string of the molecule is CCNC(=O)[C@H](NC(=O)C(C)(COC)c1ccc2[nH]c(C(NC(=O)OC)C(OCCCOC(=O)N[C@H](c3nc4cc(C(C)(COC)C(=O)N[C@@H](C(=O)NCC)C5CCC5)ccc4[nH]3)C(C3CCCCC3)C3(C)CC3)c3ccccc3Cl)nc2c1)C1CCC1. The molecule has 4 aliphatic rings. The lowest BCUT2D eigenvalue weighted by Gasteiger charge is -2.39. The number of nitrogens with one attached hydrogen (secondary N) is 8. The summed E-state index contributed by atoms with van der Waals surface area (Å²) < 4.78 is 29.2. The smallest absolute Gasteiger partial charge is 0.407 e. The molecular formula is C66H91ClN10O11. The highest BCUT2D eigenvalue weighted by molar-refractivity contribution is 6.31. The van der Waals surface area contributed by atoms with Crippen LogP contribution in [0.5, 0.6) is 0 Å². The van der Waals surface area contributed by atoms with Gasteiger partial charge in [0, 0.05) is 44.3 Å². The van der Waals surface area contributed by atoms with Crippen molar-refractivity contribution in [2.75, 3.05) is 60.8 Å². The number of amides is 6. The first-order valence-corrected chi connectivity index (χ1v) is 32.1. The van der Waals surface area contributed by atoms with E-state index in [1.165, 1.54) is 20.6 Å². The number of imidazole rings is 2. The van der Waals surface area contributed by atoms with Gasteiger partial charge in [0.25, 0.3) is 0 Å². The molecule has 0 bridgehead atoms. The van der Waals surface area contributed by atoms with Crippen molar-refractivity contribution in [2.24, 2.45) is 29.1 Å². The molecule has 5 unspecified atom stereocenters. The minimum atomic E-state index is -1.22. The maximum atomic E-state index is 14.4. The molecule has 5 aromatic rings. The van der Waals surface area contributed by atoms with Gasteiger partial charge in [0.15, 0.2) is 0 Å². The first kappa shape index (κ1) is 65.6. The van der Waals surface area contributed by atoms with Crippen molar-refractivity contribution in [2.45, 2.75) is 166 Å². The number of alkyl carbamates (subject to hydrolysis) is 2. The summed E-state index contributed by atoms with van der Waals surface area (Å²) in [6.07, 6.45) is 10.9. The van der Waals surface area contributed by atoms with Crippen LogP contribution in [-0.2, 0) is 53.7 Å². The number of benzene rings is 3. The van der Waals surface area contributed by atoms with E-state index < -0.39 is 53.3 Å². The molecule has 0 saturated heterocycles. The number of fused-ring (bicyclic) bond motifs is 2. The third-order valence-corrected chi connectivity index (χ3v) is 19.6. The molecule has 6 amide bonds. The summed E-state index contributed by atoms with van der Waals surface area (Å²) in [4.78, 5) is 99.9. The molecule has 9 rings (SSSR count). The van der Waals surface area contributed by atoms with Gasteiger partial charge < -0.3 is 65.6 Å². The van der Waals surface area contributed by atoms with Gasteiger partial charge in [-0.25, -0.2) is 19.6 Å². The molecule has 4 aliphatic carbocycles. The van der Waals surface area contributed by atoms with E-state index in [0.717, 1.165) is 82.6 Å². The number of rotatable bonds is 30. The number of nitrogens with zero attached hydrogens (tertiary/aromatic N) is 2. The van der Waals surface area contributed by atoms with Crippen molar-refractivity contribution in [1.82, 2.24) is 51.8 Å². The Hall–Kier alpha value is -6.81. The number of carbonyl (C=O) groups is 6. The number of likely N-dealkylation sites (N-methyl/N-ethyl adjacent to an activating group) is 2. The zero-order chi connectivity index (χ0) is 62.8. The van der Waals surface area contributed by atoms with Crippen molar-refractivity contribution in [3.63, 3.8) is 0 Å². The molecule has 22 heteroatoms. The van der Waals surface area contributed by atoms with Crippen molar-refractivity contribution in [1.29, 1.82) is 0 Å². The van der Waals surface area contributed by atoms with Crippen LogP contribution in [0.3, 0.4) is 0 Å². The zero-order valence-corrected chi connectivity index (χ0v) is 53.1. The summed E-state index contributed by atoms with van der Waals surface area (Å²) >= 11 is 6.92. The van der Waals surface area contributed by atoms with Crippen LogP contribution in [0.4, 0.5) is 9.59 Å². The lowest BCUT2D eigenvalue weighted by molar-refractivity contribution is -0.135. The number of hydrogen-bond donors (Lipinski definition) is 8. The maximum Gasteiger partial charge on any atom is 0.407 e. The Kier molecular flexibility index (Phi) is 21.8. The Bertz CT molecular complexity index is 3250. The number of aromatic nitrogens is 4. The quantitative estimate of drug-likeness (QED) is 0.0199. The van der Waals surface area contributed by atoms with Crippen molar-refractivity contribution >= 4 is 69.5 Å². The van der Waals surface area contributed by atoms with Crippen LogP contribution >= 0.6 is 11.6 Å². The Morgan fingerprint density at radius 3 is 1.60 bits per heavy atom. The van der Waals surface area contributed by atoms with Crippen molar-refractivity contribution < 1.29 is 52.5 Å². The molecule has 2 heterocycles.